The van der Waals surface area contributed by atoms with Crippen LogP contribution in [-0.4, -0.2) is 40.8 Å². The zero-order valence-corrected chi connectivity index (χ0v) is 14.9. The fraction of sp³-hybridized carbons (Fsp3) is 0.579. The number of ether oxygens (including phenoxy) is 1. The van der Waals surface area contributed by atoms with E-state index in [4.69, 9.17) is 4.74 Å². The number of hydrogen-bond donors (Lipinski definition) is 1. The number of pyridine rings is 1. The van der Waals surface area contributed by atoms with Gasteiger partial charge in [-0.1, -0.05) is 0 Å². The zero-order valence-electron chi connectivity index (χ0n) is 14.9. The number of aryl methyl sites for hydroxylation is 1. The second kappa shape index (κ2) is 7.44. The molecule has 2 aliphatic heterocycles. The predicted molar refractivity (Wildman–Crippen MR) is 98.8 cm³/mol. The van der Waals surface area contributed by atoms with Crippen LogP contribution in [0.5, 0.6) is 0 Å². The molecule has 0 spiro atoms. The Balaban J connectivity index is 1.35. The van der Waals surface area contributed by atoms with Crippen LogP contribution in [0.25, 0.3) is 0 Å². The summed E-state index contributed by atoms with van der Waals surface area (Å²) >= 11 is 0. The first kappa shape index (κ1) is 16.4. The molecule has 2 atom stereocenters. The molecule has 0 saturated carbocycles. The van der Waals surface area contributed by atoms with Crippen molar-refractivity contribution in [2.75, 3.05) is 36.5 Å². The fourth-order valence-corrected chi connectivity index (χ4v) is 3.83. The first-order valence-electron chi connectivity index (χ1n) is 9.35. The van der Waals surface area contributed by atoms with Crippen LogP contribution in [0.3, 0.4) is 0 Å². The normalized spacial score (nSPS) is 23.8. The number of aromatic nitrogens is 3. The Morgan fingerprint density at radius 2 is 2.08 bits per heavy atom. The lowest BCUT2D eigenvalue weighted by atomic mass is 10.0. The Bertz CT molecular complexity index is 677. The zero-order chi connectivity index (χ0) is 17.1. The maximum atomic E-state index is 5.93. The summed E-state index contributed by atoms with van der Waals surface area (Å²) in [5, 5.41) is 3.53. The summed E-state index contributed by atoms with van der Waals surface area (Å²) in [5.41, 5.74) is 1.08. The third-order valence-corrected chi connectivity index (χ3v) is 5.32. The van der Waals surface area contributed by atoms with Gasteiger partial charge in [0.15, 0.2) is 0 Å². The molecular weight excluding hydrogens is 314 g/mol. The van der Waals surface area contributed by atoms with Gasteiger partial charge in [-0.25, -0.2) is 9.97 Å². The van der Waals surface area contributed by atoms with E-state index < -0.39 is 0 Å². The Hall–Kier alpha value is -2.08. The van der Waals surface area contributed by atoms with E-state index in [-0.39, 0.29) is 6.10 Å². The molecule has 1 N–H and O–H groups in total. The smallest absolute Gasteiger partial charge is 0.138 e. The van der Waals surface area contributed by atoms with Crippen LogP contribution in [0, 0.1) is 5.92 Å². The standard InChI is InChI=1S/C19H27N5O/c1-23-11-8-20-19(23)18-15(7-12-25-18)13-21-16-5-6-17(22-14-16)24-9-3-2-4-10-24/h5-6,8,11,14-15,18,21H,2-4,7,9-10,12-13H2,1H3/t15-,18+/m0/s1. The van der Waals surface area contributed by atoms with Crippen molar-refractivity contribution in [3.05, 3.63) is 36.5 Å². The van der Waals surface area contributed by atoms with Gasteiger partial charge in [-0.05, 0) is 37.8 Å². The minimum atomic E-state index is 0.0769. The largest absolute Gasteiger partial charge is 0.383 e. The van der Waals surface area contributed by atoms with Crippen LogP contribution >= 0.6 is 0 Å². The summed E-state index contributed by atoms with van der Waals surface area (Å²) in [7, 11) is 2.03. The first-order chi connectivity index (χ1) is 12.3. The van der Waals surface area contributed by atoms with Gasteiger partial charge >= 0.3 is 0 Å². The lowest BCUT2D eigenvalue weighted by Crippen LogP contribution is -2.30. The van der Waals surface area contributed by atoms with Crippen molar-refractivity contribution >= 4 is 11.5 Å². The van der Waals surface area contributed by atoms with Gasteiger partial charge in [0.25, 0.3) is 0 Å². The van der Waals surface area contributed by atoms with E-state index in [9.17, 15) is 0 Å². The quantitative estimate of drug-likeness (QED) is 0.906. The van der Waals surface area contributed by atoms with Crippen LogP contribution in [0.1, 0.15) is 37.6 Å². The summed E-state index contributed by atoms with van der Waals surface area (Å²) in [4.78, 5) is 11.5. The molecule has 2 aliphatic rings. The topological polar surface area (TPSA) is 55.2 Å². The molecule has 4 heterocycles. The van der Waals surface area contributed by atoms with Crippen molar-refractivity contribution in [1.82, 2.24) is 14.5 Å². The number of rotatable bonds is 5. The highest BCUT2D eigenvalue weighted by Crippen LogP contribution is 2.33. The van der Waals surface area contributed by atoms with Gasteiger partial charge in [0.2, 0.25) is 0 Å². The van der Waals surface area contributed by atoms with Gasteiger partial charge in [-0.2, -0.15) is 0 Å². The van der Waals surface area contributed by atoms with Crippen molar-refractivity contribution < 1.29 is 4.74 Å². The first-order valence-corrected chi connectivity index (χ1v) is 9.35. The number of anilines is 2. The average Bonchev–Trinajstić information content (AvgIpc) is 3.29. The number of piperidine rings is 1. The number of nitrogens with one attached hydrogen (secondary N) is 1. The molecule has 0 aromatic carbocycles. The molecule has 6 heteroatoms. The van der Waals surface area contributed by atoms with E-state index in [0.29, 0.717) is 5.92 Å². The lowest BCUT2D eigenvalue weighted by Gasteiger charge is -2.27. The third-order valence-electron chi connectivity index (χ3n) is 5.32. The third kappa shape index (κ3) is 3.63. The minimum absolute atomic E-state index is 0.0769. The Labute approximate surface area is 149 Å². The second-order valence-corrected chi connectivity index (χ2v) is 7.07. The molecule has 6 nitrogen and oxygen atoms in total. The van der Waals surface area contributed by atoms with E-state index in [2.05, 4.69) is 36.9 Å². The highest BCUT2D eigenvalue weighted by atomic mass is 16.5. The van der Waals surface area contributed by atoms with Gasteiger partial charge < -0.3 is 19.5 Å². The fourth-order valence-electron chi connectivity index (χ4n) is 3.83. The van der Waals surface area contributed by atoms with Crippen LogP contribution < -0.4 is 10.2 Å². The van der Waals surface area contributed by atoms with Crippen molar-refractivity contribution in [3.8, 4) is 0 Å². The van der Waals surface area contributed by atoms with E-state index in [1.807, 2.05) is 25.6 Å². The summed E-state index contributed by atoms with van der Waals surface area (Å²) in [6.07, 6.45) is 10.8. The maximum absolute atomic E-state index is 5.93. The van der Waals surface area contributed by atoms with E-state index in [0.717, 1.165) is 50.0 Å². The van der Waals surface area contributed by atoms with Gasteiger partial charge in [0.05, 0.1) is 11.9 Å². The Kier molecular flexibility index (Phi) is 4.88. The molecule has 0 unspecified atom stereocenters. The molecule has 134 valence electrons. The van der Waals surface area contributed by atoms with Gasteiger partial charge in [-0.3, -0.25) is 0 Å². The molecule has 0 bridgehead atoms. The summed E-state index contributed by atoms with van der Waals surface area (Å²) < 4.78 is 7.99. The molecule has 0 amide bonds. The molecule has 2 fully saturated rings. The molecular formula is C19H27N5O. The van der Waals surface area contributed by atoms with E-state index in [1.165, 1.54) is 19.3 Å². The summed E-state index contributed by atoms with van der Waals surface area (Å²) in [6.45, 7) is 3.94. The van der Waals surface area contributed by atoms with Crippen LogP contribution in [-0.2, 0) is 11.8 Å². The minimum Gasteiger partial charge on any atom is -0.383 e. The highest BCUT2D eigenvalue weighted by molar-refractivity contribution is 5.48. The number of imidazole rings is 1. The Morgan fingerprint density at radius 3 is 2.80 bits per heavy atom. The maximum Gasteiger partial charge on any atom is 0.138 e. The molecule has 2 aromatic heterocycles. The number of nitrogens with zero attached hydrogens (tertiary/aromatic N) is 4. The molecule has 0 radical (unpaired) electrons. The Morgan fingerprint density at radius 1 is 1.20 bits per heavy atom. The molecule has 2 aromatic rings. The summed E-state index contributed by atoms with van der Waals surface area (Å²) in [6, 6.07) is 4.28. The van der Waals surface area contributed by atoms with Crippen LogP contribution in [0.4, 0.5) is 11.5 Å². The SMILES string of the molecule is Cn1ccnc1[C@@H]1OCC[C@H]1CNc1ccc(N2CCCCC2)nc1. The number of hydrogen-bond acceptors (Lipinski definition) is 5. The molecule has 2 saturated heterocycles. The summed E-state index contributed by atoms with van der Waals surface area (Å²) in [5.74, 6) is 2.55. The van der Waals surface area contributed by atoms with Gasteiger partial charge in [0.1, 0.15) is 17.7 Å². The highest BCUT2D eigenvalue weighted by Gasteiger charge is 2.32. The van der Waals surface area contributed by atoms with Crippen molar-refractivity contribution in [3.63, 3.8) is 0 Å². The molecule has 0 aliphatic carbocycles. The average molecular weight is 341 g/mol. The lowest BCUT2D eigenvalue weighted by molar-refractivity contribution is 0.0839. The van der Waals surface area contributed by atoms with E-state index >= 15 is 0 Å². The monoisotopic (exact) mass is 341 g/mol. The van der Waals surface area contributed by atoms with Crippen molar-refractivity contribution in [2.45, 2.75) is 31.8 Å². The van der Waals surface area contributed by atoms with Crippen LogP contribution in [0.2, 0.25) is 0 Å². The van der Waals surface area contributed by atoms with Gasteiger partial charge in [-0.15, -0.1) is 0 Å². The second-order valence-electron chi connectivity index (χ2n) is 7.07. The van der Waals surface area contributed by atoms with E-state index in [1.54, 1.807) is 0 Å². The van der Waals surface area contributed by atoms with Crippen LogP contribution in [0.15, 0.2) is 30.7 Å². The molecule has 25 heavy (non-hydrogen) atoms. The van der Waals surface area contributed by atoms with Crippen molar-refractivity contribution in [2.24, 2.45) is 13.0 Å². The van der Waals surface area contributed by atoms with Gasteiger partial charge in [0, 0.05) is 51.6 Å². The molecule has 4 rings (SSSR count). The van der Waals surface area contributed by atoms with Crippen molar-refractivity contribution in [1.29, 1.82) is 0 Å². The predicted octanol–water partition coefficient (Wildman–Crippen LogP) is 3.00.